The van der Waals surface area contributed by atoms with Crippen LogP contribution in [0.15, 0.2) is 60.9 Å². The van der Waals surface area contributed by atoms with E-state index >= 15 is 0 Å². The fraction of sp³-hybridized carbons (Fsp3) is 0.167. The number of nitrogens with zero attached hydrogens (tertiary/aromatic N) is 3. The van der Waals surface area contributed by atoms with Gasteiger partial charge >= 0.3 is 0 Å². The second-order valence-corrected chi connectivity index (χ2v) is 7.55. The van der Waals surface area contributed by atoms with Crippen molar-refractivity contribution in [2.75, 3.05) is 6.54 Å². The number of halogens is 2. The smallest absolute Gasteiger partial charge is 0.221 e. The minimum Gasteiger partial charge on any atom is -0.300 e. The van der Waals surface area contributed by atoms with Crippen LogP contribution in [0.4, 0.5) is 0 Å². The standard InChI is InChI=1S/C18H15Cl2N3O2S/c19-14-6-8-15(9-7-14)22-12-21-18(20)17(22)16(10-23(24)25)26-11-13-4-2-1-3-5-13/h1-9,12,16H,10-11H2. The largest absolute Gasteiger partial charge is 0.300 e. The molecule has 0 fully saturated rings. The second-order valence-electron chi connectivity index (χ2n) is 5.57. The van der Waals surface area contributed by atoms with Gasteiger partial charge < -0.3 is 4.57 Å². The molecule has 1 atom stereocenters. The first-order chi connectivity index (χ1) is 12.5. The van der Waals surface area contributed by atoms with Gasteiger partial charge in [-0.15, -0.1) is 11.8 Å². The van der Waals surface area contributed by atoms with Crippen molar-refractivity contribution < 1.29 is 4.92 Å². The van der Waals surface area contributed by atoms with Gasteiger partial charge in [-0.05, 0) is 29.8 Å². The van der Waals surface area contributed by atoms with E-state index < -0.39 is 5.25 Å². The first-order valence-electron chi connectivity index (χ1n) is 7.80. The molecule has 2 aromatic carbocycles. The van der Waals surface area contributed by atoms with Gasteiger partial charge in [-0.3, -0.25) is 10.1 Å². The van der Waals surface area contributed by atoms with Crippen molar-refractivity contribution in [2.45, 2.75) is 11.0 Å². The Balaban J connectivity index is 1.92. The van der Waals surface area contributed by atoms with Gasteiger partial charge in [-0.2, -0.15) is 0 Å². The van der Waals surface area contributed by atoms with Crippen LogP contribution in [0.5, 0.6) is 0 Å². The third-order valence-corrected chi connectivity index (χ3v) is 5.59. The first kappa shape index (κ1) is 18.8. The van der Waals surface area contributed by atoms with Crippen LogP contribution in [0.1, 0.15) is 16.5 Å². The number of hydrogen-bond donors (Lipinski definition) is 0. The average Bonchev–Trinajstić information content (AvgIpc) is 3.01. The molecule has 1 unspecified atom stereocenters. The van der Waals surface area contributed by atoms with Crippen LogP contribution in [0.3, 0.4) is 0 Å². The van der Waals surface area contributed by atoms with Crippen molar-refractivity contribution in [2.24, 2.45) is 0 Å². The highest BCUT2D eigenvalue weighted by atomic mass is 35.5. The van der Waals surface area contributed by atoms with Crippen molar-refractivity contribution >= 4 is 35.0 Å². The van der Waals surface area contributed by atoms with Gasteiger partial charge in [-0.1, -0.05) is 53.5 Å². The molecule has 3 aromatic rings. The second kappa shape index (κ2) is 8.58. The Kier molecular flexibility index (Phi) is 6.19. The number of aromatic nitrogens is 2. The highest BCUT2D eigenvalue weighted by Crippen LogP contribution is 2.36. The zero-order chi connectivity index (χ0) is 18.5. The third kappa shape index (κ3) is 4.58. The van der Waals surface area contributed by atoms with Crippen LogP contribution >= 0.6 is 35.0 Å². The lowest BCUT2D eigenvalue weighted by Gasteiger charge is -2.16. The summed E-state index contributed by atoms with van der Waals surface area (Å²) < 4.78 is 1.78. The van der Waals surface area contributed by atoms with Crippen LogP contribution in [-0.2, 0) is 5.75 Å². The molecular weight excluding hydrogens is 393 g/mol. The van der Waals surface area contributed by atoms with Gasteiger partial charge in [-0.25, -0.2) is 4.98 Å². The molecule has 0 saturated carbocycles. The summed E-state index contributed by atoms with van der Waals surface area (Å²) in [5.74, 6) is 0.640. The van der Waals surface area contributed by atoms with Crippen molar-refractivity contribution in [3.63, 3.8) is 0 Å². The molecule has 0 aliphatic rings. The van der Waals surface area contributed by atoms with Gasteiger partial charge in [0, 0.05) is 21.4 Å². The normalized spacial score (nSPS) is 12.1. The number of hydrogen-bond acceptors (Lipinski definition) is 4. The van der Waals surface area contributed by atoms with E-state index in [9.17, 15) is 10.1 Å². The molecule has 8 heteroatoms. The maximum Gasteiger partial charge on any atom is 0.221 e. The molecule has 0 aliphatic heterocycles. The molecule has 1 heterocycles. The minimum absolute atomic E-state index is 0.240. The van der Waals surface area contributed by atoms with Gasteiger partial charge in [0.2, 0.25) is 6.54 Å². The number of rotatable bonds is 7. The van der Waals surface area contributed by atoms with Gasteiger partial charge in [0.15, 0.2) is 5.15 Å². The van der Waals surface area contributed by atoms with E-state index in [1.54, 1.807) is 23.0 Å². The van der Waals surface area contributed by atoms with Gasteiger partial charge in [0.1, 0.15) is 11.6 Å². The van der Waals surface area contributed by atoms with Crippen LogP contribution in [0, 0.1) is 10.1 Å². The molecule has 0 aliphatic carbocycles. The summed E-state index contributed by atoms with van der Waals surface area (Å²) >= 11 is 13.7. The summed E-state index contributed by atoms with van der Waals surface area (Å²) in [4.78, 5) is 15.1. The number of nitro groups is 1. The van der Waals surface area contributed by atoms with E-state index in [2.05, 4.69) is 4.98 Å². The highest BCUT2D eigenvalue weighted by molar-refractivity contribution is 7.98. The Morgan fingerprint density at radius 2 is 1.81 bits per heavy atom. The average molecular weight is 408 g/mol. The van der Waals surface area contributed by atoms with Crippen molar-refractivity contribution in [3.8, 4) is 5.69 Å². The number of benzene rings is 2. The summed E-state index contributed by atoms with van der Waals surface area (Å²) in [6, 6.07) is 17.0. The first-order valence-corrected chi connectivity index (χ1v) is 9.61. The molecule has 0 radical (unpaired) electrons. The molecule has 0 amide bonds. The predicted molar refractivity (Wildman–Crippen MR) is 106 cm³/mol. The summed E-state index contributed by atoms with van der Waals surface area (Å²) in [6.45, 7) is -0.240. The van der Waals surface area contributed by atoms with Gasteiger partial charge in [0.05, 0.1) is 5.69 Å². The molecule has 3 rings (SSSR count). The topological polar surface area (TPSA) is 61.0 Å². The fourth-order valence-electron chi connectivity index (χ4n) is 2.56. The molecule has 0 saturated heterocycles. The van der Waals surface area contributed by atoms with E-state index in [1.807, 2.05) is 42.5 Å². The maximum absolute atomic E-state index is 11.2. The van der Waals surface area contributed by atoms with Crippen LogP contribution < -0.4 is 0 Å². The fourth-order valence-corrected chi connectivity index (χ4v) is 4.21. The van der Waals surface area contributed by atoms with Crippen LogP contribution in [0.2, 0.25) is 10.2 Å². The molecule has 26 heavy (non-hydrogen) atoms. The molecule has 1 aromatic heterocycles. The van der Waals surface area contributed by atoms with E-state index in [1.165, 1.54) is 11.8 Å². The summed E-state index contributed by atoms with van der Waals surface area (Å²) in [5, 5.41) is 11.7. The Bertz CT molecular complexity index is 885. The third-order valence-electron chi connectivity index (χ3n) is 3.78. The van der Waals surface area contributed by atoms with E-state index in [0.717, 1.165) is 11.3 Å². The molecule has 5 nitrogen and oxygen atoms in total. The molecule has 0 spiro atoms. The Morgan fingerprint density at radius 1 is 1.12 bits per heavy atom. The Morgan fingerprint density at radius 3 is 2.46 bits per heavy atom. The van der Waals surface area contributed by atoms with Crippen LogP contribution in [-0.4, -0.2) is 21.0 Å². The van der Waals surface area contributed by atoms with E-state index in [4.69, 9.17) is 23.2 Å². The van der Waals surface area contributed by atoms with Crippen molar-refractivity contribution in [3.05, 3.63) is 92.5 Å². The number of imidazole rings is 1. The zero-order valence-corrected chi connectivity index (χ0v) is 15.9. The molecule has 0 bridgehead atoms. The van der Waals surface area contributed by atoms with Crippen molar-refractivity contribution in [1.29, 1.82) is 0 Å². The lowest BCUT2D eigenvalue weighted by atomic mass is 10.2. The number of thioether (sulfide) groups is 1. The molecule has 0 N–H and O–H groups in total. The maximum atomic E-state index is 11.2. The Hall–Kier alpha value is -2.02. The van der Waals surface area contributed by atoms with Crippen molar-refractivity contribution in [1.82, 2.24) is 9.55 Å². The summed E-state index contributed by atoms with van der Waals surface area (Å²) in [7, 11) is 0. The highest BCUT2D eigenvalue weighted by Gasteiger charge is 2.26. The quantitative estimate of drug-likeness (QED) is 0.386. The van der Waals surface area contributed by atoms with Crippen LogP contribution in [0.25, 0.3) is 5.69 Å². The summed E-state index contributed by atoms with van der Waals surface area (Å²) in [5.41, 5.74) is 2.52. The predicted octanol–water partition coefficient (Wildman–Crippen LogP) is 5.43. The van der Waals surface area contributed by atoms with E-state index in [-0.39, 0.29) is 16.6 Å². The Labute approximate surface area is 165 Å². The lowest BCUT2D eigenvalue weighted by molar-refractivity contribution is -0.479. The SMILES string of the molecule is O=[N+]([O-])CC(SCc1ccccc1)c1c(Cl)ncn1-c1ccc(Cl)cc1. The monoisotopic (exact) mass is 407 g/mol. The van der Waals surface area contributed by atoms with E-state index in [0.29, 0.717) is 16.5 Å². The minimum atomic E-state index is -0.434. The molecule has 134 valence electrons. The zero-order valence-electron chi connectivity index (χ0n) is 13.6. The molecular formula is C18H15Cl2N3O2S. The lowest BCUT2D eigenvalue weighted by Crippen LogP contribution is -2.14. The van der Waals surface area contributed by atoms with Gasteiger partial charge in [0.25, 0.3) is 0 Å². The summed E-state index contributed by atoms with van der Waals surface area (Å²) in [6.07, 6.45) is 1.58.